The van der Waals surface area contributed by atoms with E-state index in [9.17, 15) is 14.4 Å². The summed E-state index contributed by atoms with van der Waals surface area (Å²) in [5.41, 5.74) is 3.10. The highest BCUT2D eigenvalue weighted by molar-refractivity contribution is 6.34. The Balaban J connectivity index is 1.18. The summed E-state index contributed by atoms with van der Waals surface area (Å²) in [7, 11) is 2.05. The molecule has 208 valence electrons. The van der Waals surface area contributed by atoms with Crippen LogP contribution < -0.4 is 10.6 Å². The van der Waals surface area contributed by atoms with Crippen molar-refractivity contribution in [3.63, 3.8) is 0 Å². The average molecular weight is 570 g/mol. The number of hydrogen-bond acceptors (Lipinski definition) is 8. The molecule has 0 aliphatic carbocycles. The molecule has 41 heavy (non-hydrogen) atoms. The van der Waals surface area contributed by atoms with Gasteiger partial charge in [0.2, 0.25) is 5.95 Å². The fourth-order valence-electron chi connectivity index (χ4n) is 4.33. The summed E-state index contributed by atoms with van der Waals surface area (Å²) in [6.07, 6.45) is 6.21. The molecule has 0 spiro atoms. The van der Waals surface area contributed by atoms with Crippen LogP contribution in [0.3, 0.4) is 0 Å². The van der Waals surface area contributed by atoms with Gasteiger partial charge >= 0.3 is 0 Å². The molecule has 2 aromatic heterocycles. The van der Waals surface area contributed by atoms with Crippen molar-refractivity contribution in [1.82, 2.24) is 24.8 Å². The number of anilines is 3. The fourth-order valence-corrected chi connectivity index (χ4v) is 4.55. The minimum absolute atomic E-state index is 0.0245. The first kappa shape index (κ1) is 27.9. The van der Waals surface area contributed by atoms with Crippen LogP contribution in [0.5, 0.6) is 0 Å². The molecule has 10 nitrogen and oxygen atoms in total. The molecule has 1 saturated heterocycles. The third-order valence-electron chi connectivity index (χ3n) is 6.70. The zero-order valence-electron chi connectivity index (χ0n) is 22.4. The van der Waals surface area contributed by atoms with Crippen molar-refractivity contribution in [2.75, 3.05) is 43.9 Å². The van der Waals surface area contributed by atoms with Crippen LogP contribution in [0.1, 0.15) is 36.6 Å². The second-order valence-corrected chi connectivity index (χ2v) is 10.1. The zero-order valence-corrected chi connectivity index (χ0v) is 23.1. The van der Waals surface area contributed by atoms with Crippen LogP contribution in [-0.2, 0) is 6.42 Å². The minimum Gasteiger partial charge on any atom is -0.336 e. The van der Waals surface area contributed by atoms with Crippen LogP contribution in [0.15, 0.2) is 79.4 Å². The molecule has 4 aromatic rings. The van der Waals surface area contributed by atoms with Gasteiger partial charge in [0.1, 0.15) is 0 Å². The summed E-state index contributed by atoms with van der Waals surface area (Å²) in [6.45, 7) is 3.18. The molecule has 11 heteroatoms. The van der Waals surface area contributed by atoms with Crippen LogP contribution >= 0.6 is 11.6 Å². The summed E-state index contributed by atoms with van der Waals surface area (Å²) in [4.78, 5) is 54.9. The van der Waals surface area contributed by atoms with Crippen LogP contribution in [0, 0.1) is 0 Å². The van der Waals surface area contributed by atoms with E-state index in [1.807, 2.05) is 17.0 Å². The van der Waals surface area contributed by atoms with Gasteiger partial charge in [0.15, 0.2) is 5.78 Å². The van der Waals surface area contributed by atoms with E-state index in [0.29, 0.717) is 28.3 Å². The van der Waals surface area contributed by atoms with Crippen LogP contribution in [0.25, 0.3) is 0 Å². The lowest BCUT2D eigenvalue weighted by Crippen LogP contribution is -2.47. The smallest absolute Gasteiger partial charge is 0.257 e. The number of amides is 2. The van der Waals surface area contributed by atoms with E-state index < -0.39 is 0 Å². The first-order valence-electron chi connectivity index (χ1n) is 13.1. The lowest BCUT2D eigenvalue weighted by atomic mass is 10.0. The zero-order chi connectivity index (χ0) is 28.8. The van der Waals surface area contributed by atoms with Crippen molar-refractivity contribution < 1.29 is 14.4 Å². The van der Waals surface area contributed by atoms with Gasteiger partial charge in [0, 0.05) is 79.9 Å². The Hall–Kier alpha value is -4.67. The van der Waals surface area contributed by atoms with Gasteiger partial charge in [-0.3, -0.25) is 19.4 Å². The Morgan fingerprint density at radius 3 is 2.27 bits per heavy atom. The quantitative estimate of drug-likeness (QED) is 0.301. The van der Waals surface area contributed by atoms with Crippen molar-refractivity contribution in [1.29, 1.82) is 0 Å². The molecule has 1 aliphatic heterocycles. The van der Waals surface area contributed by atoms with E-state index in [-0.39, 0.29) is 34.6 Å². The predicted octanol–water partition coefficient (Wildman–Crippen LogP) is 4.33. The van der Waals surface area contributed by atoms with Crippen molar-refractivity contribution in [2.45, 2.75) is 6.42 Å². The SMILES string of the molecule is CN1CCN(C(=O)c2ccc(Nc3ncc(CC(=O)c4cc(NC(=O)c5cccnc5)ccc4Cl)cn3)cc2)CC1. The molecule has 0 saturated carbocycles. The van der Waals surface area contributed by atoms with Crippen molar-refractivity contribution in [3.05, 3.63) is 107 Å². The first-order chi connectivity index (χ1) is 19.9. The first-order valence-corrected chi connectivity index (χ1v) is 13.4. The number of rotatable bonds is 8. The number of hydrogen-bond donors (Lipinski definition) is 2. The van der Waals surface area contributed by atoms with E-state index in [0.717, 1.165) is 31.9 Å². The fraction of sp³-hybridized carbons (Fsp3) is 0.200. The normalized spacial score (nSPS) is 13.5. The van der Waals surface area contributed by atoms with Crippen LogP contribution in [0.4, 0.5) is 17.3 Å². The molecular weight excluding hydrogens is 542 g/mol. The Kier molecular flexibility index (Phi) is 8.61. The summed E-state index contributed by atoms with van der Waals surface area (Å²) in [5, 5.41) is 6.15. The van der Waals surface area contributed by atoms with E-state index in [4.69, 9.17) is 11.6 Å². The molecule has 1 fully saturated rings. The summed E-state index contributed by atoms with van der Waals surface area (Å²) < 4.78 is 0. The van der Waals surface area contributed by atoms with E-state index in [2.05, 4.69) is 37.5 Å². The molecule has 3 heterocycles. The second kappa shape index (κ2) is 12.7. The monoisotopic (exact) mass is 569 g/mol. The highest BCUT2D eigenvalue weighted by Crippen LogP contribution is 2.23. The second-order valence-electron chi connectivity index (χ2n) is 9.70. The molecule has 2 N–H and O–H groups in total. The van der Waals surface area contributed by atoms with Gasteiger partial charge < -0.3 is 20.4 Å². The molecule has 5 rings (SSSR count). The van der Waals surface area contributed by atoms with Gasteiger partial charge in [0.05, 0.1) is 10.6 Å². The molecule has 2 amide bonds. The maximum atomic E-state index is 13.0. The highest BCUT2D eigenvalue weighted by Gasteiger charge is 2.20. The molecule has 0 atom stereocenters. The number of likely N-dealkylation sites (N-methyl/N-ethyl adjacent to an activating group) is 1. The molecule has 2 aromatic carbocycles. The number of carbonyl (C=O) groups excluding carboxylic acids is 3. The number of carbonyl (C=O) groups is 3. The number of nitrogens with one attached hydrogen (secondary N) is 2. The number of halogens is 1. The standard InChI is InChI=1S/C30H28ClN7O3/c1-37-11-13-38(14-12-37)29(41)21-4-6-23(7-5-21)36-30-33-17-20(18-34-30)15-27(39)25-16-24(8-9-26(25)31)35-28(40)22-3-2-10-32-19-22/h2-10,16-19H,11-15H2,1H3,(H,35,40)(H,33,34,36). The van der Waals surface area contributed by atoms with Gasteiger partial charge in [-0.15, -0.1) is 0 Å². The van der Waals surface area contributed by atoms with E-state index in [1.54, 1.807) is 61.1 Å². The van der Waals surface area contributed by atoms with Gasteiger partial charge in [-0.25, -0.2) is 9.97 Å². The maximum Gasteiger partial charge on any atom is 0.257 e. The Labute approximate surface area is 242 Å². The molecule has 1 aliphatic rings. The highest BCUT2D eigenvalue weighted by atomic mass is 35.5. The number of ketones is 1. The predicted molar refractivity (Wildman–Crippen MR) is 157 cm³/mol. The summed E-state index contributed by atoms with van der Waals surface area (Å²) in [6, 6.07) is 15.3. The lowest BCUT2D eigenvalue weighted by Gasteiger charge is -2.32. The minimum atomic E-state index is -0.341. The Morgan fingerprint density at radius 1 is 0.878 bits per heavy atom. The van der Waals surface area contributed by atoms with Gasteiger partial charge in [0.25, 0.3) is 11.8 Å². The third kappa shape index (κ3) is 7.10. The van der Waals surface area contributed by atoms with E-state index >= 15 is 0 Å². The van der Waals surface area contributed by atoms with Crippen LogP contribution in [-0.4, -0.2) is 75.6 Å². The van der Waals surface area contributed by atoms with Crippen molar-refractivity contribution in [3.8, 4) is 0 Å². The molecular formula is C30H28ClN7O3. The summed E-state index contributed by atoms with van der Waals surface area (Å²) >= 11 is 6.30. The maximum absolute atomic E-state index is 13.0. The average Bonchev–Trinajstić information content (AvgIpc) is 3.00. The Morgan fingerprint density at radius 2 is 1.59 bits per heavy atom. The van der Waals surface area contributed by atoms with Crippen molar-refractivity contribution in [2.24, 2.45) is 0 Å². The third-order valence-corrected chi connectivity index (χ3v) is 7.03. The molecule has 0 radical (unpaired) electrons. The number of benzene rings is 2. The largest absolute Gasteiger partial charge is 0.336 e. The van der Waals surface area contributed by atoms with Crippen LogP contribution in [0.2, 0.25) is 5.02 Å². The molecule has 0 unspecified atom stereocenters. The van der Waals surface area contributed by atoms with Gasteiger partial charge in [-0.2, -0.15) is 0 Å². The van der Waals surface area contributed by atoms with Gasteiger partial charge in [-0.05, 0) is 67.2 Å². The molecule has 0 bridgehead atoms. The number of aromatic nitrogens is 3. The van der Waals surface area contributed by atoms with Crippen molar-refractivity contribution >= 4 is 46.5 Å². The number of pyridine rings is 1. The Bertz CT molecular complexity index is 1540. The van der Waals surface area contributed by atoms with E-state index in [1.165, 1.54) is 6.20 Å². The van der Waals surface area contributed by atoms with Gasteiger partial charge in [-0.1, -0.05) is 11.6 Å². The topological polar surface area (TPSA) is 120 Å². The number of nitrogens with zero attached hydrogens (tertiary/aromatic N) is 5. The summed E-state index contributed by atoms with van der Waals surface area (Å²) in [5.74, 6) is -0.196. The lowest BCUT2D eigenvalue weighted by molar-refractivity contribution is 0.0664. The number of Topliss-reactive ketones (excluding diaryl/α,β-unsaturated/α-hetero) is 1. The number of piperazine rings is 1.